The first-order valence-corrected chi connectivity index (χ1v) is 8.94. The molecule has 19 heavy (non-hydrogen) atoms. The monoisotopic (exact) mass is 339 g/mol. The minimum absolute atomic E-state index is 0.170. The van der Waals surface area contributed by atoms with Crippen LogP contribution in [0.2, 0.25) is 0 Å². The van der Waals surface area contributed by atoms with Crippen LogP contribution in [0.1, 0.15) is 6.92 Å². The molecule has 0 spiro atoms. The Bertz CT molecular complexity index is 419. The number of ether oxygens (including phenoxy) is 2. The van der Waals surface area contributed by atoms with Gasteiger partial charge in [-0.2, -0.15) is 0 Å². The molecule has 0 saturated heterocycles. The number of hydrogen-bond acceptors (Lipinski definition) is 7. The van der Waals surface area contributed by atoms with Crippen molar-refractivity contribution in [2.45, 2.75) is 6.92 Å². The van der Waals surface area contributed by atoms with E-state index in [9.17, 15) is 13.7 Å². The van der Waals surface area contributed by atoms with Crippen molar-refractivity contribution in [3.05, 3.63) is 12.2 Å². The van der Waals surface area contributed by atoms with Crippen molar-refractivity contribution >= 4 is 23.7 Å². The highest BCUT2D eigenvalue weighted by molar-refractivity contribution is 7.66. The third kappa shape index (κ3) is 11.5. The smallest absolute Gasteiger partial charge is 0.351 e. The summed E-state index contributed by atoms with van der Waals surface area (Å²) in [6, 6.07) is 0. The molecule has 3 unspecified atom stereocenters. The second-order valence-electron chi connectivity index (χ2n) is 3.26. The van der Waals surface area contributed by atoms with E-state index in [1.807, 2.05) is 0 Å². The van der Waals surface area contributed by atoms with E-state index in [4.69, 9.17) is 19.4 Å². The topological polar surface area (TPSA) is 149 Å². The molecule has 0 rings (SSSR count). The first-order valence-electron chi connectivity index (χ1n) is 4.56. The van der Waals surface area contributed by atoms with Crippen LogP contribution in [0.15, 0.2) is 12.2 Å². The van der Waals surface area contributed by atoms with E-state index in [0.717, 1.165) is 0 Å². The van der Waals surface area contributed by atoms with Gasteiger partial charge in [-0.3, -0.25) is 9.46 Å². The molecule has 0 aromatic heterocycles. The molecule has 112 valence electrons. The summed E-state index contributed by atoms with van der Waals surface area (Å²) in [5.41, 5.74) is 0.701. The van der Waals surface area contributed by atoms with Gasteiger partial charge in [-0.1, -0.05) is 12.2 Å². The summed E-state index contributed by atoms with van der Waals surface area (Å²) in [7, 11) is -13.2. The number of phosphoric acid groups is 1. The van der Waals surface area contributed by atoms with E-state index in [-0.39, 0.29) is 13.4 Å². The highest BCUT2D eigenvalue weighted by Crippen LogP contribution is 2.62. The summed E-state index contributed by atoms with van der Waals surface area (Å²) >= 11 is 0. The summed E-state index contributed by atoms with van der Waals surface area (Å²) in [5, 5.41) is 0. The molecule has 0 aromatic carbocycles. The number of hydrogen-bond donors (Lipinski definition) is 3. The molecule has 10 nitrogen and oxygen atoms in total. The Morgan fingerprint density at radius 1 is 1.32 bits per heavy atom. The van der Waals surface area contributed by atoms with Crippen LogP contribution in [0.3, 0.4) is 0 Å². The Hall–Kier alpha value is 0.0200. The molecule has 3 atom stereocenters. The molecule has 0 amide bonds. The van der Waals surface area contributed by atoms with Gasteiger partial charge in [0, 0.05) is 4.57 Å². The van der Waals surface area contributed by atoms with E-state index in [0.29, 0.717) is 5.57 Å². The fraction of sp³-hybridized carbons (Fsp3) is 0.667. The van der Waals surface area contributed by atoms with Crippen LogP contribution in [-0.4, -0.2) is 34.4 Å². The van der Waals surface area contributed by atoms with Crippen LogP contribution >= 0.6 is 23.7 Å². The molecule has 0 fully saturated rings. The number of rotatable bonds is 10. The van der Waals surface area contributed by atoms with Gasteiger partial charge in [-0.15, -0.1) is 4.89 Å². The molecule has 3 N–H and O–H groups in total. The Kier molecular flexibility index (Phi) is 8.35. The van der Waals surface area contributed by atoms with Gasteiger partial charge >= 0.3 is 23.7 Å². The third-order valence-corrected chi connectivity index (χ3v) is 4.91. The van der Waals surface area contributed by atoms with Crippen LogP contribution < -0.4 is 0 Å². The lowest BCUT2D eigenvalue weighted by atomic mass is 10.4. The van der Waals surface area contributed by atoms with E-state index < -0.39 is 30.0 Å². The largest absolute Gasteiger partial charge is 0.705 e. The van der Waals surface area contributed by atoms with Crippen molar-refractivity contribution in [2.75, 3.05) is 19.7 Å². The first-order chi connectivity index (χ1) is 8.54. The van der Waals surface area contributed by atoms with Gasteiger partial charge in [-0.25, -0.2) is 8.88 Å². The molecule has 0 heterocycles. The van der Waals surface area contributed by atoms with Crippen LogP contribution in [0, 0.1) is 0 Å². The normalized spacial score (nSPS) is 18.4. The van der Waals surface area contributed by atoms with Gasteiger partial charge in [0.25, 0.3) is 0 Å². The van der Waals surface area contributed by atoms with Gasteiger partial charge in [0.05, 0.1) is 6.61 Å². The zero-order chi connectivity index (χ0) is 15.1. The van der Waals surface area contributed by atoms with E-state index in [1.165, 1.54) is 0 Å². The van der Waals surface area contributed by atoms with Crippen LogP contribution in [0.4, 0.5) is 0 Å². The Morgan fingerprint density at radius 2 is 1.89 bits per heavy atom. The lowest BCUT2D eigenvalue weighted by molar-refractivity contribution is -0.0331. The predicted molar refractivity (Wildman–Crippen MR) is 63.2 cm³/mol. The van der Waals surface area contributed by atoms with Gasteiger partial charge in [0.1, 0.15) is 6.79 Å². The summed E-state index contributed by atoms with van der Waals surface area (Å²) in [5.74, 6) is 0. The van der Waals surface area contributed by atoms with Crippen LogP contribution in [-0.2, 0) is 31.8 Å². The Labute approximate surface area is 110 Å². The lowest BCUT2D eigenvalue weighted by Crippen LogP contribution is -2.04. The maximum absolute atomic E-state index is 11.3. The highest BCUT2D eigenvalue weighted by atomic mass is 31.3. The van der Waals surface area contributed by atoms with Gasteiger partial charge < -0.3 is 14.4 Å². The molecular weight excluding hydrogens is 325 g/mol. The summed E-state index contributed by atoms with van der Waals surface area (Å²) in [6.07, 6.45) is -0.959. The molecule has 0 radical (unpaired) electrons. The minimum atomic E-state index is -5.12. The Balaban J connectivity index is 4.11. The lowest BCUT2D eigenvalue weighted by Gasteiger charge is -2.12. The molecule has 0 saturated carbocycles. The summed E-state index contributed by atoms with van der Waals surface area (Å²) in [6.45, 7) is 5.02. The van der Waals surface area contributed by atoms with Crippen molar-refractivity contribution in [3.63, 3.8) is 0 Å². The zero-order valence-electron chi connectivity index (χ0n) is 9.87. The maximum atomic E-state index is 11.3. The average Bonchev–Trinajstić information content (AvgIpc) is 2.11. The van der Waals surface area contributed by atoms with Crippen molar-refractivity contribution in [3.8, 4) is 0 Å². The molecular formula is C6H14O10P3+. The Morgan fingerprint density at radius 3 is 2.37 bits per heavy atom. The molecule has 0 aliphatic rings. The third-order valence-electron chi connectivity index (χ3n) is 1.17. The second kappa shape index (κ2) is 8.34. The molecule has 0 aliphatic carbocycles. The molecule has 0 aliphatic heterocycles. The second-order valence-corrected chi connectivity index (χ2v) is 7.52. The zero-order valence-corrected chi connectivity index (χ0v) is 12.6. The quantitative estimate of drug-likeness (QED) is 0.231. The van der Waals surface area contributed by atoms with Crippen molar-refractivity contribution in [2.24, 2.45) is 0 Å². The van der Waals surface area contributed by atoms with Crippen LogP contribution in [0.5, 0.6) is 0 Å². The standard InChI is InChI=1S/C6H13O10P3/c1-6(2)3-13-4-14-5-18(9,10)16-19(11,12)15-17(7)8/h1,3-5H2,2H3,(H2-,7,8,9,10,11,12)/p+1. The summed E-state index contributed by atoms with van der Waals surface area (Å²) in [4.78, 5) is 26.2. The minimum Gasteiger partial charge on any atom is -0.351 e. The van der Waals surface area contributed by atoms with E-state index in [1.54, 1.807) is 6.92 Å². The van der Waals surface area contributed by atoms with Crippen molar-refractivity contribution in [1.29, 1.82) is 0 Å². The van der Waals surface area contributed by atoms with Crippen molar-refractivity contribution in [1.82, 2.24) is 0 Å². The van der Waals surface area contributed by atoms with Crippen molar-refractivity contribution < 1.29 is 46.5 Å². The maximum Gasteiger partial charge on any atom is 0.705 e. The molecule has 0 bridgehead atoms. The van der Waals surface area contributed by atoms with Gasteiger partial charge in [0.2, 0.25) is 0 Å². The average molecular weight is 339 g/mol. The first kappa shape index (κ1) is 19.0. The highest BCUT2D eigenvalue weighted by Gasteiger charge is 2.41. The molecule has 0 aromatic rings. The van der Waals surface area contributed by atoms with Gasteiger partial charge in [-0.05, 0) is 11.2 Å². The fourth-order valence-corrected chi connectivity index (χ4v) is 3.59. The SMILES string of the molecule is C=C(C)COCOCP(=O)(O)OP(=O)(O)O[P+](=O)O. The van der Waals surface area contributed by atoms with Crippen LogP contribution in [0.25, 0.3) is 0 Å². The van der Waals surface area contributed by atoms with E-state index >= 15 is 0 Å². The molecule has 13 heteroatoms. The van der Waals surface area contributed by atoms with Gasteiger partial charge in [0.15, 0.2) is 6.35 Å². The fourth-order valence-electron chi connectivity index (χ4n) is 0.715. The predicted octanol–water partition coefficient (Wildman–Crippen LogP) is 1.48. The van der Waals surface area contributed by atoms with E-state index in [2.05, 4.69) is 19.9 Å². The summed E-state index contributed by atoms with van der Waals surface area (Å²) < 4.78 is 49.1.